The van der Waals surface area contributed by atoms with E-state index in [1.54, 1.807) is 11.1 Å². The molecule has 0 spiro atoms. The van der Waals surface area contributed by atoms with Crippen molar-refractivity contribution in [1.82, 2.24) is 19.7 Å². The minimum Gasteiger partial charge on any atom is -0.337 e. The van der Waals surface area contributed by atoms with Gasteiger partial charge in [0, 0.05) is 31.7 Å². The number of pyridine rings is 1. The Balaban J connectivity index is 1.60. The van der Waals surface area contributed by atoms with Crippen molar-refractivity contribution in [2.24, 2.45) is 5.92 Å². The molecule has 3 heterocycles. The molecular weight excluding hydrogens is 290 g/mol. The topological polar surface area (TPSA) is 51.0 Å². The van der Waals surface area contributed by atoms with Gasteiger partial charge < -0.3 is 4.90 Å². The van der Waals surface area contributed by atoms with Gasteiger partial charge in [-0.3, -0.25) is 9.78 Å². The first-order chi connectivity index (χ1) is 10.6. The summed E-state index contributed by atoms with van der Waals surface area (Å²) < 4.78 is 25.5. The lowest BCUT2D eigenvalue weighted by molar-refractivity contribution is 0.0553. The van der Waals surface area contributed by atoms with E-state index in [2.05, 4.69) is 10.1 Å². The number of carbonyl (C=O) groups excluding carboxylic acids is 1. The number of alkyl halides is 2. The molecule has 0 aromatic carbocycles. The van der Waals surface area contributed by atoms with Crippen LogP contribution in [-0.4, -0.2) is 38.7 Å². The number of hydrogen-bond acceptors (Lipinski definition) is 3. The molecule has 1 atom stereocenters. The number of likely N-dealkylation sites (tertiary alicyclic amines) is 1. The minimum absolute atomic E-state index is 0.0716. The summed E-state index contributed by atoms with van der Waals surface area (Å²) in [5.74, 6) is 0.0819. The maximum Gasteiger partial charge on any atom is 0.333 e. The molecule has 1 fully saturated rings. The van der Waals surface area contributed by atoms with E-state index in [4.69, 9.17) is 0 Å². The van der Waals surface area contributed by atoms with Crippen molar-refractivity contribution >= 4 is 5.91 Å². The van der Waals surface area contributed by atoms with Gasteiger partial charge in [0.2, 0.25) is 0 Å². The fourth-order valence-electron chi connectivity index (χ4n) is 2.76. The summed E-state index contributed by atoms with van der Waals surface area (Å²) in [5, 5.41) is 3.63. The largest absolute Gasteiger partial charge is 0.337 e. The summed E-state index contributed by atoms with van der Waals surface area (Å²) >= 11 is 0. The molecule has 22 heavy (non-hydrogen) atoms. The molecule has 0 bridgehead atoms. The first-order valence-corrected chi connectivity index (χ1v) is 7.15. The molecule has 5 nitrogen and oxygen atoms in total. The van der Waals surface area contributed by atoms with Crippen LogP contribution in [0.25, 0.3) is 0 Å². The molecule has 0 aliphatic carbocycles. The van der Waals surface area contributed by atoms with Crippen molar-refractivity contribution in [3.05, 3.63) is 48.0 Å². The van der Waals surface area contributed by atoms with E-state index < -0.39 is 6.55 Å². The Bertz CT molecular complexity index is 644. The van der Waals surface area contributed by atoms with Crippen LogP contribution in [0, 0.1) is 5.92 Å². The van der Waals surface area contributed by atoms with Gasteiger partial charge in [-0.2, -0.15) is 13.9 Å². The van der Waals surface area contributed by atoms with Crippen molar-refractivity contribution in [3.8, 4) is 0 Å². The van der Waals surface area contributed by atoms with Crippen LogP contribution >= 0.6 is 0 Å². The van der Waals surface area contributed by atoms with Gasteiger partial charge in [0.15, 0.2) is 5.69 Å². The number of carbonyl (C=O) groups is 1. The van der Waals surface area contributed by atoms with Crippen LogP contribution in [0.5, 0.6) is 0 Å². The number of nitrogens with zero attached hydrogens (tertiary/aromatic N) is 4. The molecular formula is C15H16F2N4O. The zero-order valence-corrected chi connectivity index (χ0v) is 11.9. The second-order valence-electron chi connectivity index (χ2n) is 5.43. The minimum atomic E-state index is -2.72. The highest BCUT2D eigenvalue weighted by Crippen LogP contribution is 2.22. The fourth-order valence-corrected chi connectivity index (χ4v) is 2.76. The molecule has 2 aromatic heterocycles. The summed E-state index contributed by atoms with van der Waals surface area (Å²) in [7, 11) is 0. The van der Waals surface area contributed by atoms with E-state index in [-0.39, 0.29) is 11.6 Å². The summed E-state index contributed by atoms with van der Waals surface area (Å²) in [5.41, 5.74) is 1.21. The van der Waals surface area contributed by atoms with E-state index in [0.717, 1.165) is 24.6 Å². The van der Waals surface area contributed by atoms with Gasteiger partial charge in [-0.15, -0.1) is 0 Å². The lowest BCUT2D eigenvalue weighted by Crippen LogP contribution is -2.29. The standard InChI is InChI=1S/C15H16F2N4O/c16-15(17)21-7-4-13(19-21)14(22)20-6-3-12(10-20)8-11-2-1-5-18-9-11/h1-2,4-5,7,9,12,15H,3,6,8,10H2. The number of aromatic nitrogens is 3. The molecule has 116 valence electrons. The average molecular weight is 306 g/mol. The third-order valence-corrected chi connectivity index (χ3v) is 3.85. The van der Waals surface area contributed by atoms with Crippen molar-refractivity contribution in [2.45, 2.75) is 19.4 Å². The van der Waals surface area contributed by atoms with Crippen molar-refractivity contribution in [2.75, 3.05) is 13.1 Å². The normalized spacial score (nSPS) is 18.1. The molecule has 1 aliphatic heterocycles. The maximum atomic E-state index is 12.5. The third kappa shape index (κ3) is 3.13. The number of amides is 1. The monoisotopic (exact) mass is 306 g/mol. The van der Waals surface area contributed by atoms with Crippen molar-refractivity contribution < 1.29 is 13.6 Å². The van der Waals surface area contributed by atoms with Crippen LogP contribution in [0.15, 0.2) is 36.8 Å². The Morgan fingerprint density at radius 3 is 2.95 bits per heavy atom. The summed E-state index contributed by atoms with van der Waals surface area (Å²) in [6.07, 6.45) is 6.45. The Morgan fingerprint density at radius 2 is 2.27 bits per heavy atom. The molecule has 3 rings (SSSR count). The molecule has 0 N–H and O–H groups in total. The first-order valence-electron chi connectivity index (χ1n) is 7.15. The first kappa shape index (κ1) is 14.6. The van der Waals surface area contributed by atoms with Crippen LogP contribution in [0.1, 0.15) is 29.0 Å². The van der Waals surface area contributed by atoms with Crippen LogP contribution in [0.4, 0.5) is 8.78 Å². The Labute approximate surface area is 126 Å². The zero-order chi connectivity index (χ0) is 15.5. The molecule has 7 heteroatoms. The van der Waals surface area contributed by atoms with Crippen molar-refractivity contribution in [1.29, 1.82) is 0 Å². The lowest BCUT2D eigenvalue weighted by atomic mass is 10.0. The van der Waals surface area contributed by atoms with Gasteiger partial charge in [0.1, 0.15) is 0 Å². The molecule has 0 radical (unpaired) electrons. The smallest absolute Gasteiger partial charge is 0.333 e. The summed E-state index contributed by atoms with van der Waals surface area (Å²) in [6.45, 7) is -1.47. The van der Waals surface area contributed by atoms with E-state index >= 15 is 0 Å². The highest BCUT2D eigenvalue weighted by Gasteiger charge is 2.28. The molecule has 1 aliphatic rings. The van der Waals surface area contributed by atoms with Gasteiger partial charge in [-0.25, -0.2) is 4.68 Å². The van der Waals surface area contributed by atoms with E-state index in [9.17, 15) is 13.6 Å². The second-order valence-corrected chi connectivity index (χ2v) is 5.43. The quantitative estimate of drug-likeness (QED) is 0.871. The molecule has 1 unspecified atom stereocenters. The van der Waals surface area contributed by atoms with Gasteiger partial charge in [-0.05, 0) is 36.5 Å². The Hall–Kier alpha value is -2.31. The zero-order valence-electron chi connectivity index (χ0n) is 11.9. The van der Waals surface area contributed by atoms with Gasteiger partial charge in [0.05, 0.1) is 0 Å². The molecule has 1 saturated heterocycles. The molecule has 1 amide bonds. The summed E-state index contributed by atoms with van der Waals surface area (Å²) in [4.78, 5) is 18.0. The Kier molecular flexibility index (Phi) is 4.13. The average Bonchev–Trinajstić information content (AvgIpc) is 3.17. The van der Waals surface area contributed by atoms with E-state index in [0.29, 0.717) is 23.7 Å². The fraction of sp³-hybridized carbons (Fsp3) is 0.400. The number of hydrogen-bond donors (Lipinski definition) is 0. The summed E-state index contributed by atoms with van der Waals surface area (Å²) in [6, 6.07) is 5.24. The maximum absolute atomic E-state index is 12.5. The van der Waals surface area contributed by atoms with Gasteiger partial charge in [-0.1, -0.05) is 6.07 Å². The number of halogens is 2. The number of rotatable bonds is 4. The van der Waals surface area contributed by atoms with Crippen LogP contribution in [-0.2, 0) is 6.42 Å². The van der Waals surface area contributed by atoms with Crippen LogP contribution in [0.3, 0.4) is 0 Å². The predicted molar refractivity (Wildman–Crippen MR) is 75.4 cm³/mol. The highest BCUT2D eigenvalue weighted by atomic mass is 19.3. The predicted octanol–water partition coefficient (Wildman–Crippen LogP) is 2.38. The second kappa shape index (κ2) is 6.21. The van der Waals surface area contributed by atoms with Crippen molar-refractivity contribution in [3.63, 3.8) is 0 Å². The SMILES string of the molecule is O=C(c1ccn(C(F)F)n1)N1CCC(Cc2cccnc2)C1. The van der Waals surface area contributed by atoms with Gasteiger partial charge >= 0.3 is 6.55 Å². The van der Waals surface area contributed by atoms with Gasteiger partial charge in [0.25, 0.3) is 5.91 Å². The highest BCUT2D eigenvalue weighted by molar-refractivity contribution is 5.92. The molecule has 2 aromatic rings. The van der Waals surface area contributed by atoms with Crippen LogP contribution in [0.2, 0.25) is 0 Å². The van der Waals surface area contributed by atoms with E-state index in [1.807, 2.05) is 18.3 Å². The lowest BCUT2D eigenvalue weighted by Gasteiger charge is -2.15. The third-order valence-electron chi connectivity index (χ3n) is 3.85. The van der Waals surface area contributed by atoms with E-state index in [1.165, 1.54) is 6.07 Å². The van der Waals surface area contributed by atoms with Crippen LogP contribution < -0.4 is 0 Å². The molecule has 0 saturated carbocycles. The Morgan fingerprint density at radius 1 is 1.41 bits per heavy atom.